The highest BCUT2D eigenvalue weighted by atomic mass is 16.4. The number of Topliss-reactive ketones (excluding diaryl/α,β-unsaturated/α-hetero) is 1. The van der Waals surface area contributed by atoms with E-state index in [2.05, 4.69) is 0 Å². The summed E-state index contributed by atoms with van der Waals surface area (Å²) in [5.74, 6) is -2.31. The Labute approximate surface area is 136 Å². The van der Waals surface area contributed by atoms with E-state index in [4.69, 9.17) is 10.2 Å². The predicted molar refractivity (Wildman–Crippen MR) is 87.5 cm³/mol. The van der Waals surface area contributed by atoms with E-state index in [0.29, 0.717) is 12.2 Å². The summed E-state index contributed by atoms with van der Waals surface area (Å²) in [6.07, 6.45) is 1.12. The molecule has 0 unspecified atom stereocenters. The third-order valence-corrected chi connectivity index (χ3v) is 2.73. The highest BCUT2D eigenvalue weighted by molar-refractivity contribution is 6.00. The van der Waals surface area contributed by atoms with Gasteiger partial charge in [0, 0.05) is 29.7 Å². The zero-order valence-electron chi connectivity index (χ0n) is 13.8. The number of aliphatic carboxylic acids is 2. The number of carboxylic acid groups (broad SMARTS) is 2. The van der Waals surface area contributed by atoms with Crippen molar-refractivity contribution in [3.8, 4) is 0 Å². The maximum atomic E-state index is 12.2. The van der Waals surface area contributed by atoms with Gasteiger partial charge in [0.2, 0.25) is 0 Å². The topological polar surface area (TPSA) is 94.9 Å². The number of carbonyl (C=O) groups is 3. The van der Waals surface area contributed by atoms with Gasteiger partial charge in [-0.3, -0.25) is 4.79 Å². The van der Waals surface area contributed by atoms with Gasteiger partial charge in [-0.1, -0.05) is 44.2 Å². The monoisotopic (exact) mass is 321 g/mol. The van der Waals surface area contributed by atoms with E-state index in [0.717, 1.165) is 12.1 Å². The Bertz CT molecular complexity index is 546. The summed E-state index contributed by atoms with van der Waals surface area (Å²) in [6.45, 7) is 4.74. The molecule has 0 radical (unpaired) electrons. The van der Waals surface area contributed by atoms with Crippen molar-refractivity contribution in [3.63, 3.8) is 0 Å². The van der Waals surface area contributed by atoms with Gasteiger partial charge >= 0.3 is 11.9 Å². The molecule has 0 fully saturated rings. The number of hydrogen-bond acceptors (Lipinski definition) is 4. The molecule has 6 heteroatoms. The standard InChI is InChI=1S/C13H19NO.C4H4O4/c1-13(2,10-14(3)4)12(15)11-8-6-5-7-9-11;5-3(6)1-2-4(7)8/h5-9H,10H2,1-4H3;1-2H,(H,5,6)(H,7,8). The summed E-state index contributed by atoms with van der Waals surface area (Å²) in [5.41, 5.74) is 0.467. The maximum absolute atomic E-state index is 12.2. The molecule has 1 aromatic rings. The molecule has 0 aromatic heterocycles. The van der Waals surface area contributed by atoms with E-state index in [9.17, 15) is 14.4 Å². The van der Waals surface area contributed by atoms with Gasteiger partial charge in [-0.25, -0.2) is 9.59 Å². The minimum Gasteiger partial charge on any atom is -0.478 e. The Hall–Kier alpha value is -2.47. The van der Waals surface area contributed by atoms with Crippen molar-refractivity contribution in [1.82, 2.24) is 4.90 Å². The normalized spacial score (nSPS) is 11.0. The number of carboxylic acids is 2. The summed E-state index contributed by atoms with van der Waals surface area (Å²) >= 11 is 0. The van der Waals surface area contributed by atoms with Crippen molar-refractivity contribution in [3.05, 3.63) is 48.0 Å². The van der Waals surface area contributed by atoms with Crippen LogP contribution in [0.15, 0.2) is 42.5 Å². The van der Waals surface area contributed by atoms with Crippen LogP contribution in [-0.4, -0.2) is 53.5 Å². The Morgan fingerprint density at radius 3 is 1.78 bits per heavy atom. The lowest BCUT2D eigenvalue weighted by Gasteiger charge is -2.26. The van der Waals surface area contributed by atoms with E-state index in [1.807, 2.05) is 63.2 Å². The highest BCUT2D eigenvalue weighted by Gasteiger charge is 2.28. The molecule has 0 bridgehead atoms. The van der Waals surface area contributed by atoms with Crippen molar-refractivity contribution < 1.29 is 24.6 Å². The molecule has 0 saturated carbocycles. The van der Waals surface area contributed by atoms with Crippen LogP contribution in [0.5, 0.6) is 0 Å². The molecule has 0 heterocycles. The predicted octanol–water partition coefficient (Wildman–Crippen LogP) is 2.17. The molecule has 0 aliphatic carbocycles. The van der Waals surface area contributed by atoms with Gasteiger partial charge in [-0.05, 0) is 14.1 Å². The lowest BCUT2D eigenvalue weighted by atomic mass is 9.84. The molecule has 2 N–H and O–H groups in total. The Balaban J connectivity index is 0.000000515. The molecular weight excluding hydrogens is 298 g/mol. The third kappa shape index (κ3) is 9.21. The number of rotatable bonds is 6. The Morgan fingerprint density at radius 1 is 1.00 bits per heavy atom. The number of benzene rings is 1. The first-order valence-corrected chi connectivity index (χ1v) is 6.95. The van der Waals surface area contributed by atoms with Gasteiger partial charge in [0.05, 0.1) is 0 Å². The number of carbonyl (C=O) groups excluding carboxylic acids is 1. The lowest BCUT2D eigenvalue weighted by molar-refractivity contribution is -0.134. The van der Waals surface area contributed by atoms with Crippen LogP contribution in [0.4, 0.5) is 0 Å². The van der Waals surface area contributed by atoms with E-state index in [1.165, 1.54) is 0 Å². The van der Waals surface area contributed by atoms with E-state index >= 15 is 0 Å². The Morgan fingerprint density at radius 2 is 1.43 bits per heavy atom. The number of ketones is 1. The fourth-order valence-electron chi connectivity index (χ4n) is 1.99. The Kier molecular flexibility index (Phi) is 8.50. The molecule has 0 saturated heterocycles. The first kappa shape index (κ1) is 20.5. The number of hydrogen-bond donors (Lipinski definition) is 2. The summed E-state index contributed by atoms with van der Waals surface area (Å²) < 4.78 is 0. The molecule has 6 nitrogen and oxygen atoms in total. The molecule has 0 spiro atoms. The van der Waals surface area contributed by atoms with Crippen LogP contribution in [-0.2, 0) is 9.59 Å². The molecule has 0 aliphatic heterocycles. The first-order valence-electron chi connectivity index (χ1n) is 6.95. The molecular formula is C17H23NO5. The van der Waals surface area contributed by atoms with E-state index < -0.39 is 11.9 Å². The average Bonchev–Trinajstić information content (AvgIpc) is 2.44. The van der Waals surface area contributed by atoms with Crippen LogP contribution < -0.4 is 0 Å². The maximum Gasteiger partial charge on any atom is 0.328 e. The summed E-state index contributed by atoms with van der Waals surface area (Å²) in [7, 11) is 3.97. The van der Waals surface area contributed by atoms with Gasteiger partial charge in [0.15, 0.2) is 5.78 Å². The number of nitrogens with zero attached hydrogens (tertiary/aromatic N) is 1. The minimum absolute atomic E-state index is 0.205. The molecule has 23 heavy (non-hydrogen) atoms. The largest absolute Gasteiger partial charge is 0.478 e. The van der Waals surface area contributed by atoms with Crippen LogP contribution in [0.3, 0.4) is 0 Å². The minimum atomic E-state index is -1.26. The highest BCUT2D eigenvalue weighted by Crippen LogP contribution is 2.22. The second-order valence-electron chi connectivity index (χ2n) is 5.83. The van der Waals surface area contributed by atoms with Gasteiger partial charge < -0.3 is 15.1 Å². The molecule has 1 aromatic carbocycles. The average molecular weight is 321 g/mol. The third-order valence-electron chi connectivity index (χ3n) is 2.73. The van der Waals surface area contributed by atoms with Gasteiger partial charge in [0.1, 0.15) is 0 Å². The first-order chi connectivity index (χ1) is 10.6. The van der Waals surface area contributed by atoms with Crippen LogP contribution >= 0.6 is 0 Å². The molecule has 0 atom stereocenters. The van der Waals surface area contributed by atoms with Crippen molar-refractivity contribution in [2.24, 2.45) is 5.41 Å². The van der Waals surface area contributed by atoms with E-state index in [1.54, 1.807) is 0 Å². The van der Waals surface area contributed by atoms with Gasteiger partial charge in [-0.15, -0.1) is 0 Å². The molecule has 0 aliphatic rings. The smallest absolute Gasteiger partial charge is 0.328 e. The SMILES string of the molecule is CN(C)CC(C)(C)C(=O)c1ccccc1.O=C(O)C=CC(=O)O. The van der Waals surface area contributed by atoms with Crippen molar-refractivity contribution in [2.45, 2.75) is 13.8 Å². The van der Waals surface area contributed by atoms with Crippen molar-refractivity contribution in [1.29, 1.82) is 0 Å². The van der Waals surface area contributed by atoms with Crippen LogP contribution in [0.1, 0.15) is 24.2 Å². The quantitative estimate of drug-likeness (QED) is 0.616. The summed E-state index contributed by atoms with van der Waals surface area (Å²) in [5, 5.41) is 15.6. The van der Waals surface area contributed by atoms with Crippen LogP contribution in [0.2, 0.25) is 0 Å². The zero-order valence-corrected chi connectivity index (χ0v) is 13.8. The molecule has 1 rings (SSSR count). The van der Waals surface area contributed by atoms with Gasteiger partial charge in [-0.2, -0.15) is 0 Å². The van der Waals surface area contributed by atoms with Crippen molar-refractivity contribution in [2.75, 3.05) is 20.6 Å². The van der Waals surface area contributed by atoms with E-state index in [-0.39, 0.29) is 11.2 Å². The fourth-order valence-corrected chi connectivity index (χ4v) is 1.99. The van der Waals surface area contributed by atoms with Crippen LogP contribution in [0.25, 0.3) is 0 Å². The second kappa shape index (κ2) is 9.53. The summed E-state index contributed by atoms with van der Waals surface area (Å²) in [6, 6.07) is 9.48. The molecule has 0 amide bonds. The zero-order chi connectivity index (χ0) is 18.0. The van der Waals surface area contributed by atoms with Gasteiger partial charge in [0.25, 0.3) is 0 Å². The van der Waals surface area contributed by atoms with Crippen molar-refractivity contribution >= 4 is 17.7 Å². The summed E-state index contributed by atoms with van der Waals surface area (Å²) in [4.78, 5) is 33.3. The molecule has 126 valence electrons. The van der Waals surface area contributed by atoms with Crippen LogP contribution in [0, 0.1) is 5.41 Å². The lowest BCUT2D eigenvalue weighted by Crippen LogP contribution is -2.35. The second-order valence-corrected chi connectivity index (χ2v) is 5.83. The fraction of sp³-hybridized carbons (Fsp3) is 0.353.